The quantitative estimate of drug-likeness (QED) is 0.181. The number of hydrogen-bond donors (Lipinski definition) is 1. The Morgan fingerprint density at radius 2 is 0.574 bits per heavy atom. The largest absolute Gasteiger partial charge is 0.389 e. The lowest BCUT2D eigenvalue weighted by Crippen LogP contribution is -2.45. The van der Waals surface area contributed by atoms with Crippen LogP contribution in [0, 0.1) is 99.1 Å². The standard InChI is InChI=1S/C11H21N.C11H24.C10H22O.C10H22.C9H21N/c1-8(2)11(7-12,9(3)4)10(5)6;1-8(2)11(7,9(3)4)10(5)6;1-7(2)10(11,8(3)4)9(5)6;2*1-7(2)10(8(3)4)9(5)6/h8-10H,1-6H3;8-10H,1-7H3;7-9,11H,1-6H3;7-10H,1-6H3;7-9H,1-6H3. The highest BCUT2D eigenvalue weighted by molar-refractivity contribution is 5.04. The van der Waals surface area contributed by atoms with Crippen molar-refractivity contribution in [2.24, 2.45) is 87.8 Å². The predicted molar refractivity (Wildman–Crippen MR) is 250 cm³/mol. The van der Waals surface area contributed by atoms with Gasteiger partial charge in [-0.2, -0.15) is 5.26 Å². The molecule has 0 radical (unpaired) electrons. The molecule has 0 aromatic carbocycles. The fourth-order valence-electron chi connectivity index (χ4n) is 10.5. The van der Waals surface area contributed by atoms with Crippen molar-refractivity contribution in [1.82, 2.24) is 4.90 Å². The Kier molecular flexibility index (Phi) is 33.3. The first-order valence-corrected chi connectivity index (χ1v) is 22.9. The normalized spacial score (nSPS) is 13.0. The van der Waals surface area contributed by atoms with E-state index in [0.29, 0.717) is 59.0 Å². The summed E-state index contributed by atoms with van der Waals surface area (Å²) < 4.78 is 0. The molecule has 0 aromatic heterocycles. The van der Waals surface area contributed by atoms with E-state index in [-0.39, 0.29) is 5.41 Å². The molecule has 0 unspecified atom stereocenters. The Morgan fingerprint density at radius 1 is 0.370 bits per heavy atom. The van der Waals surface area contributed by atoms with E-state index in [1.807, 2.05) is 0 Å². The summed E-state index contributed by atoms with van der Waals surface area (Å²) in [7, 11) is 0. The molecule has 0 aliphatic rings. The van der Waals surface area contributed by atoms with Crippen molar-refractivity contribution >= 4 is 0 Å². The van der Waals surface area contributed by atoms with Crippen molar-refractivity contribution in [3.63, 3.8) is 0 Å². The highest BCUT2D eigenvalue weighted by Gasteiger charge is 2.40. The zero-order chi connectivity index (χ0) is 45.0. The molecular formula is C51H110N2O. The number of aliphatic hydroxyl groups is 1. The van der Waals surface area contributed by atoms with Gasteiger partial charge in [0, 0.05) is 18.1 Å². The maximum atomic E-state index is 10.2. The fourth-order valence-corrected chi connectivity index (χ4v) is 10.5. The molecule has 0 saturated carbocycles. The summed E-state index contributed by atoms with van der Waals surface area (Å²) in [4.78, 5) is 2.50. The van der Waals surface area contributed by atoms with Gasteiger partial charge in [-0.15, -0.1) is 0 Å². The van der Waals surface area contributed by atoms with E-state index < -0.39 is 5.60 Å². The van der Waals surface area contributed by atoms with E-state index in [1.165, 1.54) is 0 Å². The van der Waals surface area contributed by atoms with Crippen molar-refractivity contribution < 1.29 is 5.11 Å². The maximum Gasteiger partial charge on any atom is 0.0716 e. The minimum Gasteiger partial charge on any atom is -0.389 e. The second-order valence-corrected chi connectivity index (χ2v) is 21.7. The molecule has 0 aliphatic heterocycles. The zero-order valence-corrected chi connectivity index (χ0v) is 43.6. The predicted octanol–water partition coefficient (Wildman–Crippen LogP) is 16.2. The van der Waals surface area contributed by atoms with Crippen LogP contribution in [0.2, 0.25) is 0 Å². The molecule has 3 heteroatoms. The molecule has 0 bridgehead atoms. The van der Waals surface area contributed by atoms with Crippen LogP contribution >= 0.6 is 0 Å². The first-order valence-electron chi connectivity index (χ1n) is 22.9. The summed E-state index contributed by atoms with van der Waals surface area (Å²) in [5, 5.41) is 19.5. The van der Waals surface area contributed by atoms with Gasteiger partial charge >= 0.3 is 0 Å². The Morgan fingerprint density at radius 3 is 0.574 bits per heavy atom. The van der Waals surface area contributed by atoms with E-state index in [1.54, 1.807) is 0 Å². The number of nitriles is 1. The molecule has 3 nitrogen and oxygen atoms in total. The molecule has 0 atom stereocenters. The van der Waals surface area contributed by atoms with E-state index in [4.69, 9.17) is 0 Å². The fraction of sp³-hybridized carbons (Fsp3) is 0.980. The van der Waals surface area contributed by atoms with Gasteiger partial charge in [-0.1, -0.05) is 173 Å². The van der Waals surface area contributed by atoms with Gasteiger partial charge in [0.15, 0.2) is 0 Å². The Labute approximate surface area is 346 Å². The maximum absolute atomic E-state index is 10.2. The van der Waals surface area contributed by atoms with Crippen LogP contribution in [-0.2, 0) is 0 Å². The van der Waals surface area contributed by atoms with Crippen LogP contribution in [-0.4, -0.2) is 33.7 Å². The molecule has 0 heterocycles. The summed E-state index contributed by atoms with van der Waals surface area (Å²) in [5.41, 5.74) is -0.153. The summed E-state index contributed by atoms with van der Waals surface area (Å²) in [6.45, 7) is 69.2. The van der Waals surface area contributed by atoms with Crippen molar-refractivity contribution in [3.8, 4) is 6.07 Å². The van der Waals surface area contributed by atoms with E-state index in [9.17, 15) is 10.4 Å². The minimum absolute atomic E-state index is 0.153. The van der Waals surface area contributed by atoms with Gasteiger partial charge in [-0.05, 0) is 124 Å². The van der Waals surface area contributed by atoms with Crippen LogP contribution in [0.3, 0.4) is 0 Å². The summed E-state index contributed by atoms with van der Waals surface area (Å²) in [6, 6.07) is 4.51. The lowest BCUT2D eigenvalue weighted by Gasteiger charge is -2.41. The molecule has 0 spiro atoms. The van der Waals surface area contributed by atoms with Gasteiger partial charge in [-0.25, -0.2) is 0 Å². The van der Waals surface area contributed by atoms with Crippen molar-refractivity contribution in [2.75, 3.05) is 0 Å². The third-order valence-electron chi connectivity index (χ3n) is 13.7. The van der Waals surface area contributed by atoms with E-state index in [0.717, 1.165) is 41.4 Å². The smallest absolute Gasteiger partial charge is 0.0716 e. The average molecular weight is 767 g/mol. The summed E-state index contributed by atoms with van der Waals surface area (Å²) in [6.07, 6.45) is 0. The van der Waals surface area contributed by atoms with Crippen LogP contribution < -0.4 is 0 Å². The Bertz CT molecular complexity index is 751. The Balaban J connectivity index is -0.000000186. The highest BCUT2D eigenvalue weighted by atomic mass is 16.3. The molecule has 0 aromatic rings. The second kappa shape index (κ2) is 28.8. The lowest BCUT2D eigenvalue weighted by molar-refractivity contribution is -0.0848. The van der Waals surface area contributed by atoms with Crippen LogP contribution in [0.4, 0.5) is 0 Å². The van der Waals surface area contributed by atoms with Crippen molar-refractivity contribution in [3.05, 3.63) is 0 Å². The number of hydrogen-bond acceptors (Lipinski definition) is 3. The van der Waals surface area contributed by atoms with Crippen LogP contribution in [0.15, 0.2) is 0 Å². The molecule has 0 rings (SSSR count). The molecule has 0 aliphatic carbocycles. The SMILES string of the molecule is CC(C)C(C#N)(C(C)C)C(C)C.CC(C)C(C(C)C)C(C)C.CC(C)C(C)(C(C)C)C(C)C.CC(C)C(O)(C(C)C)C(C)C.CC(C)N(C(C)C)C(C)C. The molecular weight excluding hydrogens is 657 g/mol. The minimum atomic E-state index is -0.500. The molecule has 0 fully saturated rings. The average Bonchev–Trinajstić information content (AvgIpc) is 2.95. The first-order chi connectivity index (χ1) is 24.0. The topological polar surface area (TPSA) is 47.3 Å². The van der Waals surface area contributed by atoms with Gasteiger partial charge in [-0.3, -0.25) is 4.90 Å². The summed E-state index contributed by atoms with van der Waals surface area (Å²) in [5.74, 6) is 8.03. The van der Waals surface area contributed by atoms with Crippen LogP contribution in [0.25, 0.3) is 0 Å². The third-order valence-corrected chi connectivity index (χ3v) is 13.7. The Hall–Kier alpha value is -0.590. The van der Waals surface area contributed by atoms with Crippen LogP contribution in [0.1, 0.15) is 215 Å². The van der Waals surface area contributed by atoms with Crippen molar-refractivity contribution in [1.29, 1.82) is 5.26 Å². The number of rotatable bonds is 15. The van der Waals surface area contributed by atoms with E-state index >= 15 is 0 Å². The third kappa shape index (κ3) is 20.2. The van der Waals surface area contributed by atoms with Gasteiger partial charge < -0.3 is 5.11 Å². The first kappa shape index (κ1) is 62.6. The monoisotopic (exact) mass is 767 g/mol. The summed E-state index contributed by atoms with van der Waals surface area (Å²) >= 11 is 0. The molecule has 330 valence electrons. The molecule has 0 saturated heterocycles. The molecule has 54 heavy (non-hydrogen) atoms. The lowest BCUT2D eigenvalue weighted by atomic mass is 9.63. The highest BCUT2D eigenvalue weighted by Crippen LogP contribution is 2.43. The van der Waals surface area contributed by atoms with Gasteiger partial charge in [0.1, 0.15) is 0 Å². The van der Waals surface area contributed by atoms with E-state index in [2.05, 4.69) is 226 Å². The number of nitrogens with zero attached hydrogens (tertiary/aromatic N) is 2. The van der Waals surface area contributed by atoms with Crippen LogP contribution in [0.5, 0.6) is 0 Å². The van der Waals surface area contributed by atoms with Gasteiger partial charge in [0.2, 0.25) is 0 Å². The zero-order valence-electron chi connectivity index (χ0n) is 43.6. The molecule has 0 amide bonds. The van der Waals surface area contributed by atoms with Gasteiger partial charge in [0.25, 0.3) is 0 Å². The molecule has 1 N–H and O–H groups in total. The van der Waals surface area contributed by atoms with Crippen molar-refractivity contribution in [2.45, 2.75) is 238 Å². The second-order valence-electron chi connectivity index (χ2n) is 21.7. The van der Waals surface area contributed by atoms with Gasteiger partial charge in [0.05, 0.1) is 17.1 Å².